The Morgan fingerprint density at radius 2 is 2.22 bits per heavy atom. The molecule has 0 saturated heterocycles. The molecule has 0 aromatic carbocycles. The summed E-state index contributed by atoms with van der Waals surface area (Å²) < 4.78 is 0. The molecule has 0 aliphatic heterocycles. The molecule has 96 valence electrons. The molecule has 6 nitrogen and oxygen atoms in total. The van der Waals surface area contributed by atoms with Crippen molar-refractivity contribution < 1.29 is 19.8 Å². The minimum absolute atomic E-state index is 0.0977. The van der Waals surface area contributed by atoms with Crippen LogP contribution in [0.1, 0.15) is 20.8 Å². The topological polar surface area (TPSA) is 90.7 Å². The number of hydrogen-bond donors (Lipinski definition) is 2. The normalized spacial score (nSPS) is 9.83. The Bertz CT molecular complexity index is 459. The molecule has 0 aliphatic rings. The maximum Gasteiger partial charge on any atom is 0.338 e. The second-order valence-corrected chi connectivity index (χ2v) is 3.47. The maximum absolute atomic E-state index is 12.1. The van der Waals surface area contributed by atoms with E-state index in [0.717, 1.165) is 0 Å². The van der Waals surface area contributed by atoms with Gasteiger partial charge in [-0.3, -0.25) is 9.78 Å². The van der Waals surface area contributed by atoms with E-state index in [1.54, 1.807) is 0 Å². The average molecular weight is 250 g/mol. The second kappa shape index (κ2) is 6.51. The number of nitrogens with zero attached hydrogens (tertiary/aromatic N) is 2. The van der Waals surface area contributed by atoms with Gasteiger partial charge in [0, 0.05) is 19.3 Å². The molecule has 0 aliphatic carbocycles. The van der Waals surface area contributed by atoms with E-state index >= 15 is 0 Å². The van der Waals surface area contributed by atoms with Crippen LogP contribution in [0.2, 0.25) is 0 Å². The Kier molecular flexibility index (Phi) is 5.01. The van der Waals surface area contributed by atoms with E-state index in [1.165, 1.54) is 29.3 Å². The van der Waals surface area contributed by atoms with Gasteiger partial charge >= 0.3 is 5.97 Å². The summed E-state index contributed by atoms with van der Waals surface area (Å²) in [5.41, 5.74) is -0.296. The number of pyridine rings is 1. The van der Waals surface area contributed by atoms with Crippen molar-refractivity contribution >= 4 is 11.9 Å². The lowest BCUT2D eigenvalue weighted by atomic mass is 10.1. The standard InChI is InChI=1S/C12H14N2O4/c1-2-6-14(7-8-15)11(16)10-9(12(17)18)4-3-5-13-10/h2-5,15H,1,6-8H2,(H,17,18). The Morgan fingerprint density at radius 3 is 2.78 bits per heavy atom. The number of hydrogen-bond acceptors (Lipinski definition) is 4. The predicted molar refractivity (Wildman–Crippen MR) is 64.4 cm³/mol. The first-order chi connectivity index (χ1) is 8.61. The molecule has 0 saturated carbocycles. The van der Waals surface area contributed by atoms with Crippen molar-refractivity contribution in [1.82, 2.24) is 9.88 Å². The van der Waals surface area contributed by atoms with Crippen molar-refractivity contribution in [3.63, 3.8) is 0 Å². The van der Waals surface area contributed by atoms with Crippen LogP contribution in [0.4, 0.5) is 0 Å². The summed E-state index contributed by atoms with van der Waals surface area (Å²) in [5.74, 6) is -1.75. The zero-order valence-electron chi connectivity index (χ0n) is 9.74. The highest BCUT2D eigenvalue weighted by atomic mass is 16.4. The zero-order valence-corrected chi connectivity index (χ0v) is 9.74. The molecular weight excluding hydrogens is 236 g/mol. The molecule has 0 fully saturated rings. The van der Waals surface area contributed by atoms with E-state index in [0.29, 0.717) is 0 Å². The summed E-state index contributed by atoms with van der Waals surface area (Å²) in [6.07, 6.45) is 2.85. The van der Waals surface area contributed by atoms with E-state index in [-0.39, 0.29) is 31.0 Å². The van der Waals surface area contributed by atoms with Gasteiger partial charge < -0.3 is 15.1 Å². The molecule has 2 N–H and O–H groups in total. The molecule has 18 heavy (non-hydrogen) atoms. The Labute approximate surface area is 104 Å². The highest BCUT2D eigenvalue weighted by Crippen LogP contribution is 2.09. The number of carboxylic acids is 1. The Balaban J connectivity index is 3.07. The average Bonchev–Trinajstić information content (AvgIpc) is 2.37. The number of carboxylic acid groups (broad SMARTS) is 1. The highest BCUT2D eigenvalue weighted by Gasteiger charge is 2.21. The largest absolute Gasteiger partial charge is 0.478 e. The fourth-order valence-electron chi connectivity index (χ4n) is 1.45. The van der Waals surface area contributed by atoms with Crippen molar-refractivity contribution in [2.45, 2.75) is 0 Å². The van der Waals surface area contributed by atoms with Crippen LogP contribution in [0, 0.1) is 0 Å². The van der Waals surface area contributed by atoms with E-state index in [2.05, 4.69) is 11.6 Å². The van der Waals surface area contributed by atoms with Gasteiger partial charge in [-0.25, -0.2) is 4.79 Å². The molecule has 0 radical (unpaired) electrons. The number of carbonyl (C=O) groups is 2. The van der Waals surface area contributed by atoms with Crippen LogP contribution < -0.4 is 0 Å². The smallest absolute Gasteiger partial charge is 0.338 e. The first kappa shape index (κ1) is 13.9. The minimum Gasteiger partial charge on any atom is -0.478 e. The summed E-state index contributed by atoms with van der Waals surface area (Å²) in [5, 5.41) is 17.8. The van der Waals surface area contributed by atoms with Crippen LogP contribution in [0.5, 0.6) is 0 Å². The predicted octanol–water partition coefficient (Wildman–Crippen LogP) is 0.400. The first-order valence-electron chi connectivity index (χ1n) is 5.31. The summed E-state index contributed by atoms with van der Waals surface area (Å²) in [6.45, 7) is 3.61. The fourth-order valence-corrected chi connectivity index (χ4v) is 1.45. The lowest BCUT2D eigenvalue weighted by Gasteiger charge is -2.20. The maximum atomic E-state index is 12.1. The van der Waals surface area contributed by atoms with Crippen LogP contribution >= 0.6 is 0 Å². The SMILES string of the molecule is C=CCN(CCO)C(=O)c1ncccc1C(=O)O. The van der Waals surface area contributed by atoms with Gasteiger partial charge in [0.05, 0.1) is 12.2 Å². The van der Waals surface area contributed by atoms with Crippen LogP contribution in [0.25, 0.3) is 0 Å². The zero-order chi connectivity index (χ0) is 13.5. The molecule has 0 bridgehead atoms. The number of aliphatic hydroxyl groups is 1. The summed E-state index contributed by atoms with van der Waals surface area (Å²) in [7, 11) is 0. The van der Waals surface area contributed by atoms with Gasteiger partial charge in [0.2, 0.25) is 0 Å². The van der Waals surface area contributed by atoms with Gasteiger partial charge in [-0.1, -0.05) is 6.08 Å². The number of aromatic carboxylic acids is 1. The molecular formula is C12H14N2O4. The van der Waals surface area contributed by atoms with Gasteiger partial charge in [0.25, 0.3) is 5.91 Å². The van der Waals surface area contributed by atoms with Crippen LogP contribution in [-0.4, -0.2) is 51.7 Å². The van der Waals surface area contributed by atoms with Crippen LogP contribution in [-0.2, 0) is 0 Å². The second-order valence-electron chi connectivity index (χ2n) is 3.47. The molecule has 0 atom stereocenters. The molecule has 1 aromatic rings. The molecule has 1 amide bonds. The number of amides is 1. The molecule has 6 heteroatoms. The quantitative estimate of drug-likeness (QED) is 0.713. The van der Waals surface area contributed by atoms with Crippen LogP contribution in [0.3, 0.4) is 0 Å². The summed E-state index contributed by atoms with van der Waals surface area (Å²) >= 11 is 0. The van der Waals surface area contributed by atoms with Crippen molar-refractivity contribution in [1.29, 1.82) is 0 Å². The van der Waals surface area contributed by atoms with Crippen molar-refractivity contribution in [3.8, 4) is 0 Å². The van der Waals surface area contributed by atoms with E-state index in [4.69, 9.17) is 10.2 Å². The Morgan fingerprint density at radius 1 is 1.50 bits per heavy atom. The van der Waals surface area contributed by atoms with Gasteiger partial charge in [0.15, 0.2) is 0 Å². The van der Waals surface area contributed by atoms with E-state index in [9.17, 15) is 9.59 Å². The summed E-state index contributed by atoms with van der Waals surface area (Å²) in [6, 6.07) is 2.76. The lowest BCUT2D eigenvalue weighted by Crippen LogP contribution is -2.35. The van der Waals surface area contributed by atoms with Gasteiger partial charge in [0.1, 0.15) is 5.69 Å². The van der Waals surface area contributed by atoms with Crippen molar-refractivity contribution in [2.75, 3.05) is 19.7 Å². The minimum atomic E-state index is -1.21. The monoisotopic (exact) mass is 250 g/mol. The number of rotatable bonds is 6. The third-order valence-corrected chi connectivity index (χ3v) is 2.25. The molecule has 1 aromatic heterocycles. The number of aromatic nitrogens is 1. The third-order valence-electron chi connectivity index (χ3n) is 2.25. The van der Waals surface area contributed by atoms with E-state index in [1.807, 2.05) is 0 Å². The summed E-state index contributed by atoms with van der Waals surface area (Å²) in [4.78, 5) is 28.2. The molecule has 1 rings (SSSR count). The number of carbonyl (C=O) groups excluding carboxylic acids is 1. The lowest BCUT2D eigenvalue weighted by molar-refractivity contribution is 0.0669. The van der Waals surface area contributed by atoms with Crippen molar-refractivity contribution in [2.24, 2.45) is 0 Å². The van der Waals surface area contributed by atoms with Gasteiger partial charge in [-0.05, 0) is 12.1 Å². The Hall–Kier alpha value is -2.21. The molecule has 0 spiro atoms. The molecule has 0 unspecified atom stereocenters. The highest BCUT2D eigenvalue weighted by molar-refractivity contribution is 6.03. The van der Waals surface area contributed by atoms with Crippen LogP contribution in [0.15, 0.2) is 31.0 Å². The van der Waals surface area contributed by atoms with Gasteiger partial charge in [-0.2, -0.15) is 0 Å². The third kappa shape index (κ3) is 3.14. The van der Waals surface area contributed by atoms with Gasteiger partial charge in [-0.15, -0.1) is 6.58 Å². The first-order valence-corrected chi connectivity index (χ1v) is 5.31. The number of aliphatic hydroxyl groups excluding tert-OH is 1. The fraction of sp³-hybridized carbons (Fsp3) is 0.250. The van der Waals surface area contributed by atoms with E-state index < -0.39 is 11.9 Å². The van der Waals surface area contributed by atoms with Crippen molar-refractivity contribution in [3.05, 3.63) is 42.2 Å². The molecule has 1 heterocycles.